The molecule has 0 spiro atoms. The van der Waals surface area contributed by atoms with Crippen LogP contribution in [0.4, 0.5) is 0 Å². The number of aliphatic hydroxyl groups is 1. The number of hydrogen-bond acceptors (Lipinski definition) is 4. The van der Waals surface area contributed by atoms with Gasteiger partial charge in [-0.1, -0.05) is 23.8 Å². The zero-order valence-electron chi connectivity index (χ0n) is 7.52. The van der Waals surface area contributed by atoms with Gasteiger partial charge in [0.05, 0.1) is 17.2 Å². The smallest absolute Gasteiger partial charge is 0.0942 e. The highest BCUT2D eigenvalue weighted by atomic mass is 32.1. The number of aliphatic hydroxyl groups excluding tert-OH is 1. The maximum atomic E-state index is 9.96. The third-order valence-electron chi connectivity index (χ3n) is 2.77. The van der Waals surface area contributed by atoms with E-state index in [2.05, 4.69) is 9.59 Å². The van der Waals surface area contributed by atoms with Gasteiger partial charge in [-0.15, -0.1) is 5.10 Å². The van der Waals surface area contributed by atoms with Gasteiger partial charge in [-0.25, -0.2) is 0 Å². The van der Waals surface area contributed by atoms with Crippen LogP contribution in [0, 0.1) is 5.92 Å². The first kappa shape index (κ1) is 9.09. The lowest BCUT2D eigenvalue weighted by molar-refractivity contribution is 0.0877. The molecule has 1 atom stereocenters. The van der Waals surface area contributed by atoms with Gasteiger partial charge in [0.25, 0.3) is 0 Å². The van der Waals surface area contributed by atoms with E-state index >= 15 is 0 Å². The molecule has 2 rings (SSSR count). The first-order valence-corrected chi connectivity index (χ1v) is 5.60. The first-order chi connectivity index (χ1) is 6.38. The summed E-state index contributed by atoms with van der Waals surface area (Å²) in [5, 5.41) is 13.7. The van der Waals surface area contributed by atoms with E-state index in [4.69, 9.17) is 0 Å². The molecule has 1 unspecified atom stereocenters. The van der Waals surface area contributed by atoms with Gasteiger partial charge in [-0.05, 0) is 30.3 Å². The molecule has 72 valence electrons. The van der Waals surface area contributed by atoms with Gasteiger partial charge in [-0.3, -0.25) is 0 Å². The Morgan fingerprint density at radius 2 is 2.15 bits per heavy atom. The lowest BCUT2D eigenvalue weighted by Crippen LogP contribution is -2.14. The molecular formula is C9H14N2OS. The maximum Gasteiger partial charge on any atom is 0.0942 e. The van der Waals surface area contributed by atoms with Gasteiger partial charge in [-0.2, -0.15) is 0 Å². The van der Waals surface area contributed by atoms with E-state index in [1.165, 1.54) is 30.8 Å². The molecule has 3 nitrogen and oxygen atoms in total. The van der Waals surface area contributed by atoms with Crippen LogP contribution in [0.2, 0.25) is 0 Å². The standard InChI is InChI=1S/C9H14N2OS/c12-9(8-6-10-11-13-8)7-4-2-1-3-5-7/h6-7,9,12H,1-5H2. The fourth-order valence-electron chi connectivity index (χ4n) is 1.99. The van der Waals surface area contributed by atoms with Crippen LogP contribution in [0.1, 0.15) is 43.1 Å². The van der Waals surface area contributed by atoms with Gasteiger partial charge >= 0.3 is 0 Å². The second kappa shape index (κ2) is 4.15. The van der Waals surface area contributed by atoms with Crippen molar-refractivity contribution in [2.45, 2.75) is 38.2 Å². The van der Waals surface area contributed by atoms with Crippen molar-refractivity contribution in [3.63, 3.8) is 0 Å². The van der Waals surface area contributed by atoms with E-state index in [-0.39, 0.29) is 6.10 Å². The summed E-state index contributed by atoms with van der Waals surface area (Å²) in [6, 6.07) is 0. The van der Waals surface area contributed by atoms with E-state index in [9.17, 15) is 5.11 Å². The number of aromatic nitrogens is 2. The minimum absolute atomic E-state index is 0.319. The predicted octanol–water partition coefficient (Wildman–Crippen LogP) is 2.15. The molecule has 0 amide bonds. The average molecular weight is 198 g/mol. The number of rotatable bonds is 2. The average Bonchev–Trinajstić information content (AvgIpc) is 2.71. The van der Waals surface area contributed by atoms with Crippen molar-refractivity contribution in [2.24, 2.45) is 5.92 Å². The third-order valence-corrected chi connectivity index (χ3v) is 3.50. The lowest BCUT2D eigenvalue weighted by Gasteiger charge is -2.25. The van der Waals surface area contributed by atoms with E-state index < -0.39 is 0 Å². The Labute approximate surface area is 82.0 Å². The molecule has 0 radical (unpaired) electrons. The Kier molecular flexibility index (Phi) is 2.90. The first-order valence-electron chi connectivity index (χ1n) is 4.83. The van der Waals surface area contributed by atoms with Crippen molar-refractivity contribution in [1.82, 2.24) is 9.59 Å². The zero-order chi connectivity index (χ0) is 9.10. The van der Waals surface area contributed by atoms with Gasteiger partial charge in [0.2, 0.25) is 0 Å². The van der Waals surface area contributed by atoms with Crippen LogP contribution in [0.3, 0.4) is 0 Å². The van der Waals surface area contributed by atoms with Crippen LogP contribution < -0.4 is 0 Å². The van der Waals surface area contributed by atoms with E-state index in [0.717, 1.165) is 17.7 Å². The van der Waals surface area contributed by atoms with E-state index in [1.54, 1.807) is 6.20 Å². The molecule has 0 saturated heterocycles. The maximum absolute atomic E-state index is 9.96. The van der Waals surface area contributed by atoms with Crippen molar-refractivity contribution in [2.75, 3.05) is 0 Å². The minimum atomic E-state index is -0.319. The molecule has 0 aliphatic heterocycles. The molecule has 13 heavy (non-hydrogen) atoms. The molecule has 1 heterocycles. The fourth-order valence-corrected chi connectivity index (χ4v) is 2.57. The molecule has 1 fully saturated rings. The van der Waals surface area contributed by atoms with Gasteiger partial charge in [0.15, 0.2) is 0 Å². The summed E-state index contributed by atoms with van der Waals surface area (Å²) in [6.45, 7) is 0. The Morgan fingerprint density at radius 3 is 2.77 bits per heavy atom. The molecule has 0 aromatic carbocycles. The quantitative estimate of drug-likeness (QED) is 0.792. The van der Waals surface area contributed by atoms with Crippen LogP contribution >= 0.6 is 11.5 Å². The second-order valence-corrected chi connectivity index (χ2v) is 4.48. The van der Waals surface area contributed by atoms with Crippen molar-refractivity contribution < 1.29 is 5.11 Å². The zero-order valence-corrected chi connectivity index (χ0v) is 8.33. The highest BCUT2D eigenvalue weighted by Crippen LogP contribution is 2.34. The highest BCUT2D eigenvalue weighted by Gasteiger charge is 2.24. The largest absolute Gasteiger partial charge is 0.387 e. The monoisotopic (exact) mass is 198 g/mol. The summed E-state index contributed by atoms with van der Waals surface area (Å²) in [6.07, 6.45) is 7.51. The summed E-state index contributed by atoms with van der Waals surface area (Å²) in [7, 11) is 0. The highest BCUT2D eigenvalue weighted by molar-refractivity contribution is 7.05. The van der Waals surface area contributed by atoms with Crippen LogP contribution in [0.5, 0.6) is 0 Å². The van der Waals surface area contributed by atoms with Crippen LogP contribution in [-0.2, 0) is 0 Å². The topological polar surface area (TPSA) is 46.0 Å². The van der Waals surface area contributed by atoms with E-state index in [1.807, 2.05) is 0 Å². The predicted molar refractivity (Wildman–Crippen MR) is 51.4 cm³/mol. The molecule has 1 saturated carbocycles. The molecule has 4 heteroatoms. The van der Waals surface area contributed by atoms with Gasteiger partial charge in [0.1, 0.15) is 0 Å². The van der Waals surface area contributed by atoms with Crippen molar-refractivity contribution in [3.05, 3.63) is 11.1 Å². The van der Waals surface area contributed by atoms with Crippen LogP contribution in [-0.4, -0.2) is 14.7 Å². The van der Waals surface area contributed by atoms with Crippen molar-refractivity contribution in [3.8, 4) is 0 Å². The summed E-state index contributed by atoms with van der Waals surface area (Å²) in [5.74, 6) is 0.441. The molecule has 1 aliphatic rings. The molecule has 1 aliphatic carbocycles. The van der Waals surface area contributed by atoms with Crippen molar-refractivity contribution in [1.29, 1.82) is 0 Å². The number of hydrogen-bond donors (Lipinski definition) is 1. The van der Waals surface area contributed by atoms with Crippen LogP contribution in [0.25, 0.3) is 0 Å². The molecule has 1 N–H and O–H groups in total. The fraction of sp³-hybridized carbons (Fsp3) is 0.778. The summed E-state index contributed by atoms with van der Waals surface area (Å²) >= 11 is 1.31. The van der Waals surface area contributed by atoms with E-state index in [0.29, 0.717) is 5.92 Å². The Bertz CT molecular complexity index is 244. The second-order valence-electron chi connectivity index (χ2n) is 3.66. The third kappa shape index (κ3) is 2.06. The summed E-state index contributed by atoms with van der Waals surface area (Å²) in [5.41, 5.74) is 0. The summed E-state index contributed by atoms with van der Waals surface area (Å²) < 4.78 is 3.77. The van der Waals surface area contributed by atoms with Gasteiger partial charge in [0, 0.05) is 0 Å². The normalized spacial score (nSPS) is 21.6. The molecule has 0 bridgehead atoms. The Balaban J connectivity index is 1.99. The Hall–Kier alpha value is -0.480. The molecule has 1 aromatic heterocycles. The lowest BCUT2D eigenvalue weighted by atomic mass is 9.85. The van der Waals surface area contributed by atoms with Crippen molar-refractivity contribution >= 4 is 11.5 Å². The minimum Gasteiger partial charge on any atom is -0.387 e. The molecular weight excluding hydrogens is 184 g/mol. The Morgan fingerprint density at radius 1 is 1.38 bits per heavy atom. The molecule has 1 aromatic rings. The number of nitrogens with zero attached hydrogens (tertiary/aromatic N) is 2. The van der Waals surface area contributed by atoms with Crippen LogP contribution in [0.15, 0.2) is 6.20 Å². The SMILES string of the molecule is OC(c1cnns1)C1CCCCC1. The van der Waals surface area contributed by atoms with Gasteiger partial charge < -0.3 is 5.11 Å². The summed E-state index contributed by atoms with van der Waals surface area (Å²) in [4.78, 5) is 0.923.